The maximum absolute atomic E-state index is 12.1. The average molecular weight is 327 g/mol. The van der Waals surface area contributed by atoms with E-state index in [0.717, 1.165) is 16.7 Å². The third-order valence-electron chi connectivity index (χ3n) is 2.71. The van der Waals surface area contributed by atoms with Gasteiger partial charge in [-0.15, -0.1) is 13.2 Å². The fourth-order valence-corrected chi connectivity index (χ4v) is 1.90. The van der Waals surface area contributed by atoms with Crippen molar-refractivity contribution < 1.29 is 22.7 Å². The predicted octanol–water partition coefficient (Wildman–Crippen LogP) is 5.03. The highest BCUT2D eigenvalue weighted by molar-refractivity contribution is 6.66. The smallest absolute Gasteiger partial charge is 0.406 e. The number of hydrogen-bond acceptors (Lipinski definition) is 2. The van der Waals surface area contributed by atoms with Crippen LogP contribution in [0.15, 0.2) is 54.6 Å². The van der Waals surface area contributed by atoms with Crippen molar-refractivity contribution in [3.8, 4) is 16.9 Å². The summed E-state index contributed by atoms with van der Waals surface area (Å²) in [6.45, 7) is 0. The molecule has 0 N–H and O–H groups in total. The Kier molecular flexibility index (Phi) is 4.88. The molecule has 0 bridgehead atoms. The third-order valence-corrected chi connectivity index (χ3v) is 2.84. The van der Waals surface area contributed by atoms with Crippen LogP contribution >= 0.6 is 11.6 Å². The van der Waals surface area contributed by atoms with E-state index in [1.54, 1.807) is 30.3 Å². The number of carbonyl (C=O) groups is 1. The van der Waals surface area contributed by atoms with Gasteiger partial charge in [0.05, 0.1) is 0 Å². The number of benzene rings is 2. The highest BCUT2D eigenvalue weighted by Crippen LogP contribution is 2.27. The minimum absolute atomic E-state index is 0.278. The predicted molar refractivity (Wildman–Crippen MR) is 78.5 cm³/mol. The molecular formula is C16H10ClF3O2. The molecule has 0 radical (unpaired) electrons. The van der Waals surface area contributed by atoms with Crippen molar-refractivity contribution in [2.75, 3.05) is 0 Å². The molecule has 0 heterocycles. The molecule has 0 atom stereocenters. The molecule has 0 unspecified atom stereocenters. The van der Waals surface area contributed by atoms with Gasteiger partial charge in [0.15, 0.2) is 0 Å². The SMILES string of the molecule is O=C(Cl)/C=C\c1cccc(-c2ccc(OC(F)(F)F)cc2)c1. The van der Waals surface area contributed by atoms with Gasteiger partial charge in [0, 0.05) is 0 Å². The van der Waals surface area contributed by atoms with Crippen molar-refractivity contribution in [1.29, 1.82) is 0 Å². The molecule has 0 saturated heterocycles. The molecule has 0 fully saturated rings. The Labute approximate surface area is 129 Å². The molecule has 0 aliphatic carbocycles. The summed E-state index contributed by atoms with van der Waals surface area (Å²) < 4.78 is 40.1. The molecule has 0 spiro atoms. The monoisotopic (exact) mass is 326 g/mol. The zero-order valence-corrected chi connectivity index (χ0v) is 11.9. The Balaban J connectivity index is 2.21. The second kappa shape index (κ2) is 6.66. The molecule has 114 valence electrons. The van der Waals surface area contributed by atoms with Crippen molar-refractivity contribution in [2.24, 2.45) is 0 Å². The molecule has 0 aliphatic rings. The van der Waals surface area contributed by atoms with E-state index in [9.17, 15) is 18.0 Å². The van der Waals surface area contributed by atoms with Crippen molar-refractivity contribution in [3.63, 3.8) is 0 Å². The Morgan fingerprint density at radius 1 is 1.05 bits per heavy atom. The van der Waals surface area contributed by atoms with E-state index in [1.807, 2.05) is 0 Å². The molecule has 2 rings (SSSR count). The van der Waals surface area contributed by atoms with Gasteiger partial charge in [0.1, 0.15) is 5.75 Å². The van der Waals surface area contributed by atoms with E-state index in [2.05, 4.69) is 4.74 Å². The van der Waals surface area contributed by atoms with Gasteiger partial charge in [0.25, 0.3) is 0 Å². The van der Waals surface area contributed by atoms with Crippen LogP contribution in [-0.2, 0) is 4.79 Å². The number of halogens is 4. The van der Waals surface area contributed by atoms with Crippen LogP contribution in [0.1, 0.15) is 5.56 Å². The van der Waals surface area contributed by atoms with Gasteiger partial charge in [-0.05, 0) is 52.6 Å². The van der Waals surface area contributed by atoms with Crippen molar-refractivity contribution in [1.82, 2.24) is 0 Å². The summed E-state index contributed by atoms with van der Waals surface area (Å²) in [6, 6.07) is 12.7. The number of hydrogen-bond donors (Lipinski definition) is 0. The summed E-state index contributed by atoms with van der Waals surface area (Å²) in [5.41, 5.74) is 2.27. The minimum Gasteiger partial charge on any atom is -0.406 e. The van der Waals surface area contributed by atoms with Gasteiger partial charge in [-0.2, -0.15) is 0 Å². The van der Waals surface area contributed by atoms with Crippen LogP contribution in [0.5, 0.6) is 5.75 Å². The average Bonchev–Trinajstić information content (AvgIpc) is 2.44. The molecular weight excluding hydrogens is 317 g/mol. The lowest BCUT2D eigenvalue weighted by molar-refractivity contribution is -0.274. The minimum atomic E-state index is -4.71. The lowest BCUT2D eigenvalue weighted by Gasteiger charge is -2.09. The first-order chi connectivity index (χ1) is 10.3. The molecule has 22 heavy (non-hydrogen) atoms. The molecule has 0 aromatic heterocycles. The van der Waals surface area contributed by atoms with Crippen LogP contribution in [0.4, 0.5) is 13.2 Å². The van der Waals surface area contributed by atoms with Gasteiger partial charge in [0.2, 0.25) is 5.24 Å². The number of ether oxygens (including phenoxy) is 1. The molecule has 2 aromatic rings. The zero-order chi connectivity index (χ0) is 16.2. The first-order valence-electron chi connectivity index (χ1n) is 6.17. The van der Waals surface area contributed by atoms with Crippen molar-refractivity contribution in [2.45, 2.75) is 6.36 Å². The van der Waals surface area contributed by atoms with Gasteiger partial charge < -0.3 is 4.74 Å². The van der Waals surface area contributed by atoms with Crippen LogP contribution < -0.4 is 4.74 Å². The maximum Gasteiger partial charge on any atom is 0.573 e. The van der Waals surface area contributed by atoms with Crippen molar-refractivity contribution in [3.05, 3.63) is 60.2 Å². The van der Waals surface area contributed by atoms with Crippen LogP contribution in [0.25, 0.3) is 17.2 Å². The summed E-state index contributed by atoms with van der Waals surface area (Å²) in [5, 5.41) is -0.584. The zero-order valence-electron chi connectivity index (χ0n) is 11.1. The highest BCUT2D eigenvalue weighted by atomic mass is 35.5. The van der Waals surface area contributed by atoms with Crippen molar-refractivity contribution >= 4 is 22.9 Å². The molecule has 2 aromatic carbocycles. The number of rotatable bonds is 4. The van der Waals surface area contributed by atoms with E-state index in [1.165, 1.54) is 30.3 Å². The van der Waals surface area contributed by atoms with Gasteiger partial charge in [-0.1, -0.05) is 36.4 Å². The fourth-order valence-electron chi connectivity index (χ4n) is 1.83. The summed E-state index contributed by atoms with van der Waals surface area (Å²) >= 11 is 5.22. The summed E-state index contributed by atoms with van der Waals surface area (Å²) in [6.07, 6.45) is -1.93. The Hall–Kier alpha value is -2.27. The summed E-state index contributed by atoms with van der Waals surface area (Å²) in [5.74, 6) is -0.278. The second-order valence-electron chi connectivity index (χ2n) is 4.34. The first-order valence-corrected chi connectivity index (χ1v) is 6.55. The summed E-state index contributed by atoms with van der Waals surface area (Å²) in [4.78, 5) is 10.7. The van der Waals surface area contributed by atoms with Crippen LogP contribution in [0.2, 0.25) is 0 Å². The van der Waals surface area contributed by atoms with E-state index >= 15 is 0 Å². The van der Waals surface area contributed by atoms with E-state index in [0.29, 0.717) is 0 Å². The van der Waals surface area contributed by atoms with Crippen LogP contribution in [-0.4, -0.2) is 11.6 Å². The first kappa shape index (κ1) is 16.1. The van der Waals surface area contributed by atoms with Crippen LogP contribution in [0, 0.1) is 0 Å². The van der Waals surface area contributed by atoms with E-state index in [-0.39, 0.29) is 5.75 Å². The number of allylic oxidation sites excluding steroid dienone is 1. The van der Waals surface area contributed by atoms with E-state index in [4.69, 9.17) is 11.6 Å². The molecule has 6 heteroatoms. The Bertz CT molecular complexity index is 691. The maximum atomic E-state index is 12.1. The molecule has 0 saturated carbocycles. The molecule has 2 nitrogen and oxygen atoms in total. The number of alkyl halides is 3. The normalized spacial score (nSPS) is 11.6. The Morgan fingerprint density at radius 2 is 1.73 bits per heavy atom. The van der Waals surface area contributed by atoms with Gasteiger partial charge in [-0.25, -0.2) is 0 Å². The topological polar surface area (TPSA) is 26.3 Å². The van der Waals surface area contributed by atoms with E-state index < -0.39 is 11.6 Å². The Morgan fingerprint density at radius 3 is 2.32 bits per heavy atom. The quantitative estimate of drug-likeness (QED) is 0.582. The molecule has 0 aliphatic heterocycles. The molecule has 0 amide bonds. The van der Waals surface area contributed by atoms with Crippen LogP contribution in [0.3, 0.4) is 0 Å². The highest BCUT2D eigenvalue weighted by Gasteiger charge is 2.30. The van der Waals surface area contributed by atoms with Gasteiger partial charge in [-0.3, -0.25) is 4.79 Å². The standard InChI is InChI=1S/C16H10ClF3O2/c17-15(21)9-4-11-2-1-3-13(10-11)12-5-7-14(8-6-12)22-16(18,19)20/h1-10H/b9-4-. The second-order valence-corrected chi connectivity index (χ2v) is 4.71. The lowest BCUT2D eigenvalue weighted by atomic mass is 10.0. The lowest BCUT2D eigenvalue weighted by Crippen LogP contribution is -2.16. The van der Waals surface area contributed by atoms with Gasteiger partial charge >= 0.3 is 6.36 Å². The largest absolute Gasteiger partial charge is 0.573 e. The third kappa shape index (κ3) is 4.93. The fraction of sp³-hybridized carbons (Fsp3) is 0.0625. The number of carbonyl (C=O) groups excluding carboxylic acids is 1. The summed E-state index contributed by atoms with van der Waals surface area (Å²) in [7, 11) is 0.